The zero-order valence-electron chi connectivity index (χ0n) is 16.8. The molecule has 0 bridgehead atoms. The number of aryl methyl sites for hydroxylation is 4. The number of fused-ring (bicyclic) bond motifs is 1. The molecule has 8 nitrogen and oxygen atoms in total. The van der Waals surface area contributed by atoms with Crippen molar-refractivity contribution in [3.05, 3.63) is 53.1 Å². The molecule has 0 saturated carbocycles. The number of aromatic nitrogens is 5. The van der Waals surface area contributed by atoms with E-state index >= 15 is 0 Å². The number of hydrogen-bond acceptors (Lipinski definition) is 5. The van der Waals surface area contributed by atoms with Crippen LogP contribution in [0.2, 0.25) is 0 Å². The van der Waals surface area contributed by atoms with Crippen LogP contribution in [0, 0.1) is 26.7 Å². The summed E-state index contributed by atoms with van der Waals surface area (Å²) in [7, 11) is 1.88. The predicted molar refractivity (Wildman–Crippen MR) is 107 cm³/mol. The van der Waals surface area contributed by atoms with Crippen molar-refractivity contribution in [3.63, 3.8) is 0 Å². The van der Waals surface area contributed by atoms with Crippen LogP contribution in [0.3, 0.4) is 0 Å². The van der Waals surface area contributed by atoms with Crippen molar-refractivity contribution >= 4 is 17.5 Å². The van der Waals surface area contributed by atoms with Gasteiger partial charge in [0.2, 0.25) is 11.9 Å². The summed E-state index contributed by atoms with van der Waals surface area (Å²) in [5.41, 5.74) is 4.89. The van der Waals surface area contributed by atoms with Crippen LogP contribution >= 0.6 is 0 Å². The van der Waals surface area contributed by atoms with Gasteiger partial charge in [-0.1, -0.05) is 17.7 Å². The summed E-state index contributed by atoms with van der Waals surface area (Å²) in [5, 5.41) is 15.3. The molecule has 4 rings (SSSR count). The van der Waals surface area contributed by atoms with Crippen molar-refractivity contribution in [2.24, 2.45) is 13.0 Å². The lowest BCUT2D eigenvalue weighted by Gasteiger charge is -2.36. The van der Waals surface area contributed by atoms with E-state index in [-0.39, 0.29) is 23.9 Å². The van der Waals surface area contributed by atoms with Crippen molar-refractivity contribution in [2.45, 2.75) is 39.8 Å². The van der Waals surface area contributed by atoms with Gasteiger partial charge < -0.3 is 10.6 Å². The number of amides is 1. The first-order valence-corrected chi connectivity index (χ1v) is 9.39. The van der Waals surface area contributed by atoms with E-state index in [1.165, 1.54) is 11.9 Å². The molecule has 3 atom stereocenters. The van der Waals surface area contributed by atoms with E-state index in [1.807, 2.05) is 53.1 Å². The summed E-state index contributed by atoms with van der Waals surface area (Å²) in [4.78, 5) is 17.7. The highest BCUT2D eigenvalue weighted by Crippen LogP contribution is 2.37. The van der Waals surface area contributed by atoms with Crippen molar-refractivity contribution in [1.29, 1.82) is 0 Å². The first kappa shape index (κ1) is 18.2. The van der Waals surface area contributed by atoms with E-state index in [4.69, 9.17) is 0 Å². The predicted octanol–water partition coefficient (Wildman–Crippen LogP) is 2.60. The largest absolute Gasteiger partial charge is 0.351 e. The second kappa shape index (κ2) is 6.78. The van der Waals surface area contributed by atoms with Crippen LogP contribution in [0.25, 0.3) is 0 Å². The molecule has 0 fully saturated rings. The third-order valence-corrected chi connectivity index (χ3v) is 5.38. The number of nitrogens with one attached hydrogen (secondary N) is 2. The van der Waals surface area contributed by atoms with Gasteiger partial charge in [0.15, 0.2) is 0 Å². The Kier molecular flexibility index (Phi) is 4.41. The van der Waals surface area contributed by atoms with Gasteiger partial charge in [-0.25, -0.2) is 4.68 Å². The minimum Gasteiger partial charge on any atom is -0.351 e. The molecule has 28 heavy (non-hydrogen) atoms. The number of nitrogens with zero attached hydrogens (tertiary/aromatic N) is 5. The number of benzene rings is 1. The van der Waals surface area contributed by atoms with Crippen LogP contribution in [0.15, 0.2) is 30.7 Å². The van der Waals surface area contributed by atoms with Crippen molar-refractivity contribution in [2.75, 3.05) is 10.6 Å². The molecule has 0 radical (unpaired) electrons. The van der Waals surface area contributed by atoms with Gasteiger partial charge in [0.05, 0.1) is 17.7 Å². The molecule has 0 aliphatic carbocycles. The molecule has 1 amide bonds. The third-order valence-electron chi connectivity index (χ3n) is 5.38. The normalized spacial score (nSPS) is 21.1. The molecular weight excluding hydrogens is 354 g/mol. The molecule has 1 aliphatic rings. The Morgan fingerprint density at radius 3 is 2.71 bits per heavy atom. The van der Waals surface area contributed by atoms with E-state index in [0.29, 0.717) is 5.95 Å². The van der Waals surface area contributed by atoms with Gasteiger partial charge in [-0.15, -0.1) is 0 Å². The highest BCUT2D eigenvalue weighted by Gasteiger charge is 2.42. The fraction of sp³-hybridized carbons (Fsp3) is 0.400. The fourth-order valence-electron chi connectivity index (χ4n) is 4.05. The Morgan fingerprint density at radius 1 is 1.25 bits per heavy atom. The molecular formula is C20H25N7O. The van der Waals surface area contributed by atoms with Crippen molar-refractivity contribution < 1.29 is 4.79 Å². The minimum absolute atomic E-state index is 0.0543. The lowest BCUT2D eigenvalue weighted by atomic mass is 9.85. The highest BCUT2D eigenvalue weighted by molar-refractivity contribution is 5.94. The van der Waals surface area contributed by atoms with Gasteiger partial charge in [-0.05, 0) is 39.3 Å². The smallest absolute Gasteiger partial charge is 0.232 e. The summed E-state index contributed by atoms with van der Waals surface area (Å²) in [6, 6.07) is 5.62. The van der Waals surface area contributed by atoms with Crippen LogP contribution in [0.5, 0.6) is 0 Å². The van der Waals surface area contributed by atoms with Gasteiger partial charge in [0, 0.05) is 30.5 Å². The maximum atomic E-state index is 13.4. The number of hydrogen-bond donors (Lipinski definition) is 2. The Bertz CT molecular complexity index is 1040. The van der Waals surface area contributed by atoms with Crippen LogP contribution in [-0.2, 0) is 11.8 Å². The maximum Gasteiger partial charge on any atom is 0.232 e. The van der Waals surface area contributed by atoms with Gasteiger partial charge in [0.1, 0.15) is 6.33 Å². The molecule has 0 saturated heterocycles. The van der Waals surface area contributed by atoms with E-state index in [2.05, 4.69) is 31.9 Å². The summed E-state index contributed by atoms with van der Waals surface area (Å²) >= 11 is 0. The van der Waals surface area contributed by atoms with E-state index in [9.17, 15) is 4.79 Å². The average molecular weight is 379 g/mol. The summed E-state index contributed by atoms with van der Waals surface area (Å²) < 4.78 is 3.56. The Hall–Kier alpha value is -3.16. The molecule has 3 aromatic rings. The number of anilines is 2. The molecule has 3 heterocycles. The standard InChI is InChI=1S/C20H25N7O/c1-11-6-7-16(12(2)8-11)24-19(28)17-14(4)23-20-21-10-22-27(20)18(17)15-9-26(5)25-13(15)3/h6-10,14,17-18H,1-5H3,(H,24,28)(H,21,22,23)/t14-,17-,18-/m1/s1. The van der Waals surface area contributed by atoms with Gasteiger partial charge in [-0.2, -0.15) is 15.2 Å². The van der Waals surface area contributed by atoms with Gasteiger partial charge in [-0.3, -0.25) is 9.48 Å². The van der Waals surface area contributed by atoms with Crippen LogP contribution in [0.4, 0.5) is 11.6 Å². The fourth-order valence-corrected chi connectivity index (χ4v) is 4.05. The lowest BCUT2D eigenvalue weighted by Crippen LogP contribution is -2.46. The second-order valence-electron chi connectivity index (χ2n) is 7.58. The first-order valence-electron chi connectivity index (χ1n) is 9.39. The zero-order valence-corrected chi connectivity index (χ0v) is 16.8. The Morgan fingerprint density at radius 2 is 2.04 bits per heavy atom. The topological polar surface area (TPSA) is 89.7 Å². The quantitative estimate of drug-likeness (QED) is 0.730. The summed E-state index contributed by atoms with van der Waals surface area (Å²) in [6.07, 6.45) is 3.47. The highest BCUT2D eigenvalue weighted by atomic mass is 16.2. The molecule has 2 N–H and O–H groups in total. The molecule has 1 aliphatic heterocycles. The lowest BCUT2D eigenvalue weighted by molar-refractivity contribution is -0.121. The summed E-state index contributed by atoms with van der Waals surface area (Å²) in [6.45, 7) is 8.00. The minimum atomic E-state index is -0.377. The SMILES string of the molecule is Cc1ccc(NC(=O)[C@H]2[C@@H](c3cn(C)nc3C)n3ncnc3N[C@@H]2C)c(C)c1. The summed E-state index contributed by atoms with van der Waals surface area (Å²) in [5.74, 6) is 0.232. The Balaban J connectivity index is 1.74. The second-order valence-corrected chi connectivity index (χ2v) is 7.58. The van der Waals surface area contributed by atoms with Gasteiger partial charge in [0.25, 0.3) is 0 Å². The Labute approximate surface area is 164 Å². The van der Waals surface area contributed by atoms with Crippen molar-refractivity contribution in [1.82, 2.24) is 24.5 Å². The molecule has 8 heteroatoms. The number of carbonyl (C=O) groups is 1. The monoisotopic (exact) mass is 379 g/mol. The third kappa shape index (κ3) is 3.04. The van der Waals surface area contributed by atoms with E-state index < -0.39 is 0 Å². The average Bonchev–Trinajstić information content (AvgIpc) is 3.21. The van der Waals surface area contributed by atoms with Crippen LogP contribution in [0.1, 0.15) is 35.3 Å². The van der Waals surface area contributed by atoms with Crippen LogP contribution in [-0.4, -0.2) is 36.5 Å². The number of rotatable bonds is 3. The van der Waals surface area contributed by atoms with Gasteiger partial charge >= 0.3 is 0 Å². The van der Waals surface area contributed by atoms with Crippen LogP contribution < -0.4 is 10.6 Å². The molecule has 0 spiro atoms. The number of carbonyl (C=O) groups excluding carboxylic acids is 1. The molecule has 146 valence electrons. The van der Waals surface area contributed by atoms with E-state index in [0.717, 1.165) is 22.5 Å². The first-order chi connectivity index (χ1) is 13.3. The molecule has 2 aromatic heterocycles. The zero-order chi connectivity index (χ0) is 20.0. The molecule has 0 unspecified atom stereocenters. The van der Waals surface area contributed by atoms with E-state index in [1.54, 1.807) is 9.36 Å². The van der Waals surface area contributed by atoms with Crippen molar-refractivity contribution in [3.8, 4) is 0 Å². The molecule has 1 aromatic carbocycles. The maximum absolute atomic E-state index is 13.4.